The van der Waals surface area contributed by atoms with E-state index in [4.69, 9.17) is 0 Å². The highest BCUT2D eigenvalue weighted by atomic mass is 19.1. The van der Waals surface area contributed by atoms with Crippen molar-refractivity contribution in [1.29, 1.82) is 0 Å². The summed E-state index contributed by atoms with van der Waals surface area (Å²) in [7, 11) is 3.61. The molecule has 2 rings (SSSR count). The molecular formula is C14H18FN5. The fourth-order valence-corrected chi connectivity index (χ4v) is 1.76. The number of halogens is 1. The summed E-state index contributed by atoms with van der Waals surface area (Å²) in [5.41, 5.74) is 2.06. The molecule has 0 aliphatic carbocycles. The van der Waals surface area contributed by atoms with Gasteiger partial charge in [-0.3, -0.25) is 9.67 Å². The highest BCUT2D eigenvalue weighted by Gasteiger charge is 2.01. The minimum Gasteiger partial charge on any atom is -0.352 e. The monoisotopic (exact) mass is 275 g/mol. The average Bonchev–Trinajstić information content (AvgIpc) is 2.86. The summed E-state index contributed by atoms with van der Waals surface area (Å²) in [5, 5.41) is 10.5. The van der Waals surface area contributed by atoms with Crippen LogP contribution in [0.15, 0.2) is 41.5 Å². The van der Waals surface area contributed by atoms with Crippen molar-refractivity contribution in [2.75, 3.05) is 7.05 Å². The van der Waals surface area contributed by atoms with Crippen molar-refractivity contribution in [1.82, 2.24) is 20.4 Å². The summed E-state index contributed by atoms with van der Waals surface area (Å²) in [6.07, 6.45) is 1.76. The van der Waals surface area contributed by atoms with Crippen molar-refractivity contribution >= 4 is 5.96 Å². The third-order valence-electron chi connectivity index (χ3n) is 2.96. The predicted molar refractivity (Wildman–Crippen MR) is 76.6 cm³/mol. The third kappa shape index (κ3) is 3.81. The quantitative estimate of drug-likeness (QED) is 0.655. The van der Waals surface area contributed by atoms with Crippen molar-refractivity contribution in [2.24, 2.45) is 12.0 Å². The maximum absolute atomic E-state index is 12.8. The molecule has 1 heterocycles. The second-order valence-corrected chi connectivity index (χ2v) is 4.35. The van der Waals surface area contributed by atoms with Crippen molar-refractivity contribution in [2.45, 2.75) is 13.1 Å². The van der Waals surface area contributed by atoms with Crippen LogP contribution in [0.5, 0.6) is 0 Å². The van der Waals surface area contributed by atoms with Crippen LogP contribution in [0.1, 0.15) is 11.3 Å². The van der Waals surface area contributed by atoms with Crippen LogP contribution in [0.25, 0.3) is 0 Å². The molecule has 0 aliphatic heterocycles. The first-order valence-corrected chi connectivity index (χ1v) is 6.35. The first-order valence-electron chi connectivity index (χ1n) is 6.35. The number of guanidine groups is 1. The van der Waals surface area contributed by atoms with Crippen molar-refractivity contribution in [3.63, 3.8) is 0 Å². The van der Waals surface area contributed by atoms with E-state index in [1.54, 1.807) is 30.1 Å². The summed E-state index contributed by atoms with van der Waals surface area (Å²) < 4.78 is 14.6. The van der Waals surface area contributed by atoms with Gasteiger partial charge >= 0.3 is 0 Å². The van der Waals surface area contributed by atoms with Gasteiger partial charge in [-0.15, -0.1) is 0 Å². The molecule has 0 saturated carbocycles. The smallest absolute Gasteiger partial charge is 0.191 e. The molecule has 1 aromatic carbocycles. The molecule has 0 spiro atoms. The van der Waals surface area contributed by atoms with Crippen LogP contribution in [0.4, 0.5) is 4.39 Å². The summed E-state index contributed by atoms with van der Waals surface area (Å²) >= 11 is 0. The van der Waals surface area contributed by atoms with Gasteiger partial charge < -0.3 is 10.6 Å². The summed E-state index contributed by atoms with van der Waals surface area (Å²) in [6, 6.07) is 8.33. The molecule has 0 amide bonds. The molecule has 0 bridgehead atoms. The Balaban J connectivity index is 1.84. The van der Waals surface area contributed by atoms with Crippen molar-refractivity contribution in [3.05, 3.63) is 53.6 Å². The van der Waals surface area contributed by atoms with E-state index in [0.717, 1.165) is 11.3 Å². The minimum absolute atomic E-state index is 0.229. The number of nitrogens with one attached hydrogen (secondary N) is 2. The standard InChI is InChI=1S/C14H18FN5/c1-16-14(18-10-13-7-8-19-20(13)2)17-9-11-3-5-12(15)6-4-11/h3-8H,9-10H2,1-2H3,(H2,16,17,18). The second kappa shape index (κ2) is 6.70. The first-order chi connectivity index (χ1) is 9.69. The van der Waals surface area contributed by atoms with Crippen molar-refractivity contribution in [3.8, 4) is 0 Å². The van der Waals surface area contributed by atoms with Crippen LogP contribution >= 0.6 is 0 Å². The number of aryl methyl sites for hydroxylation is 1. The summed E-state index contributed by atoms with van der Waals surface area (Å²) in [4.78, 5) is 4.14. The number of hydrogen-bond donors (Lipinski definition) is 2. The van der Waals surface area contributed by atoms with Gasteiger partial charge in [-0.05, 0) is 23.8 Å². The fourth-order valence-electron chi connectivity index (χ4n) is 1.76. The number of rotatable bonds is 4. The molecule has 0 fully saturated rings. The molecule has 1 aromatic heterocycles. The van der Waals surface area contributed by atoms with Crippen molar-refractivity contribution < 1.29 is 4.39 Å². The van der Waals surface area contributed by atoms with E-state index in [-0.39, 0.29) is 5.82 Å². The summed E-state index contributed by atoms with van der Waals surface area (Å²) in [6.45, 7) is 1.23. The highest BCUT2D eigenvalue weighted by Crippen LogP contribution is 2.02. The van der Waals surface area contributed by atoms with Gasteiger partial charge in [-0.2, -0.15) is 5.10 Å². The molecule has 20 heavy (non-hydrogen) atoms. The zero-order chi connectivity index (χ0) is 14.4. The molecule has 2 aromatic rings. The van der Waals surface area contributed by atoms with E-state index in [1.807, 2.05) is 13.1 Å². The lowest BCUT2D eigenvalue weighted by molar-refractivity contribution is 0.626. The van der Waals surface area contributed by atoms with Crippen LogP contribution in [-0.2, 0) is 20.1 Å². The van der Waals surface area contributed by atoms with Gasteiger partial charge in [0.15, 0.2) is 5.96 Å². The Morgan fingerprint density at radius 3 is 2.50 bits per heavy atom. The van der Waals surface area contributed by atoms with Gasteiger partial charge in [0.2, 0.25) is 0 Å². The van der Waals surface area contributed by atoms with E-state index in [2.05, 4.69) is 20.7 Å². The van der Waals surface area contributed by atoms with Gasteiger partial charge in [0.1, 0.15) is 5.82 Å². The minimum atomic E-state index is -0.229. The largest absolute Gasteiger partial charge is 0.352 e. The molecule has 0 saturated heterocycles. The van der Waals surface area contributed by atoms with Crippen LogP contribution in [0.2, 0.25) is 0 Å². The van der Waals surface area contributed by atoms with Gasteiger partial charge in [0.25, 0.3) is 0 Å². The fraction of sp³-hybridized carbons (Fsp3) is 0.286. The first kappa shape index (κ1) is 14.0. The molecule has 0 atom stereocenters. The predicted octanol–water partition coefficient (Wildman–Crippen LogP) is 1.42. The Kier molecular flexibility index (Phi) is 4.70. The lowest BCUT2D eigenvalue weighted by Crippen LogP contribution is -2.36. The molecular weight excluding hydrogens is 257 g/mol. The molecule has 0 aliphatic rings. The molecule has 6 heteroatoms. The lowest BCUT2D eigenvalue weighted by Gasteiger charge is -2.12. The number of benzene rings is 1. The lowest BCUT2D eigenvalue weighted by atomic mass is 10.2. The maximum Gasteiger partial charge on any atom is 0.191 e. The van der Waals surface area contributed by atoms with Gasteiger partial charge in [-0.1, -0.05) is 12.1 Å². The number of hydrogen-bond acceptors (Lipinski definition) is 2. The Morgan fingerprint density at radius 1 is 1.20 bits per heavy atom. The normalized spacial score (nSPS) is 11.4. The Hall–Kier alpha value is -2.37. The van der Waals surface area contributed by atoms with Crippen LogP contribution in [0.3, 0.4) is 0 Å². The van der Waals surface area contributed by atoms with Crippen LogP contribution in [-0.4, -0.2) is 22.8 Å². The maximum atomic E-state index is 12.8. The van der Waals surface area contributed by atoms with Gasteiger partial charge in [-0.25, -0.2) is 4.39 Å². The molecule has 106 valence electrons. The summed E-state index contributed by atoms with van der Waals surface area (Å²) in [5.74, 6) is 0.461. The van der Waals surface area contributed by atoms with E-state index < -0.39 is 0 Å². The Morgan fingerprint density at radius 2 is 1.90 bits per heavy atom. The van der Waals surface area contributed by atoms with Crippen LogP contribution < -0.4 is 10.6 Å². The zero-order valence-electron chi connectivity index (χ0n) is 11.6. The third-order valence-corrected chi connectivity index (χ3v) is 2.96. The molecule has 0 unspecified atom stereocenters. The average molecular weight is 275 g/mol. The van der Waals surface area contributed by atoms with Gasteiger partial charge in [0, 0.05) is 26.8 Å². The SMILES string of the molecule is CN=C(NCc1ccc(F)cc1)NCc1ccnn1C. The Bertz CT molecular complexity index is 574. The Labute approximate surface area is 117 Å². The topological polar surface area (TPSA) is 54.2 Å². The van der Waals surface area contributed by atoms with E-state index in [9.17, 15) is 4.39 Å². The highest BCUT2D eigenvalue weighted by molar-refractivity contribution is 5.79. The van der Waals surface area contributed by atoms with E-state index in [1.165, 1.54) is 12.1 Å². The second-order valence-electron chi connectivity index (χ2n) is 4.35. The van der Waals surface area contributed by atoms with E-state index in [0.29, 0.717) is 19.0 Å². The molecule has 0 radical (unpaired) electrons. The number of nitrogens with zero attached hydrogens (tertiary/aromatic N) is 3. The van der Waals surface area contributed by atoms with E-state index >= 15 is 0 Å². The number of aliphatic imine (C=N–C) groups is 1. The number of aromatic nitrogens is 2. The van der Waals surface area contributed by atoms with Gasteiger partial charge in [0.05, 0.1) is 12.2 Å². The zero-order valence-corrected chi connectivity index (χ0v) is 11.6. The van der Waals surface area contributed by atoms with Crippen LogP contribution in [0, 0.1) is 5.82 Å². The molecule has 5 nitrogen and oxygen atoms in total. The molecule has 2 N–H and O–H groups in total.